The number of esters is 1. The minimum atomic E-state index is -0.856. The Labute approximate surface area is 132 Å². The number of carbonyl (C=O) groups is 2. The molecule has 0 spiro atoms. The van der Waals surface area contributed by atoms with Crippen LogP contribution in [0.25, 0.3) is 0 Å². The van der Waals surface area contributed by atoms with Gasteiger partial charge in [-0.1, -0.05) is 0 Å². The molecule has 7 heteroatoms. The summed E-state index contributed by atoms with van der Waals surface area (Å²) >= 11 is 0. The third-order valence-electron chi connectivity index (χ3n) is 4.35. The molecule has 0 unspecified atom stereocenters. The number of hydrogen-bond acceptors (Lipinski definition) is 4. The second kappa shape index (κ2) is 6.23. The van der Waals surface area contributed by atoms with E-state index in [1.807, 2.05) is 11.8 Å². The molecule has 2 saturated heterocycles. The summed E-state index contributed by atoms with van der Waals surface area (Å²) in [6.07, 6.45) is 0.569. The minimum absolute atomic E-state index is 0.0829. The van der Waals surface area contributed by atoms with Gasteiger partial charge >= 0.3 is 5.97 Å². The van der Waals surface area contributed by atoms with Crippen LogP contribution < -0.4 is 0 Å². The normalized spacial score (nSPS) is 25.5. The van der Waals surface area contributed by atoms with Crippen molar-refractivity contribution in [2.24, 2.45) is 0 Å². The molecule has 2 heterocycles. The molecule has 5 nitrogen and oxygen atoms in total. The number of amides is 1. The van der Waals surface area contributed by atoms with E-state index in [1.54, 1.807) is 0 Å². The Hall–Kier alpha value is -2.02. The second-order valence-electron chi connectivity index (χ2n) is 5.95. The summed E-state index contributed by atoms with van der Waals surface area (Å²) in [4.78, 5) is 27.6. The Morgan fingerprint density at radius 1 is 1.22 bits per heavy atom. The predicted octanol–water partition coefficient (Wildman–Crippen LogP) is 1.43. The lowest BCUT2D eigenvalue weighted by Crippen LogP contribution is -2.53. The highest BCUT2D eigenvalue weighted by Gasteiger charge is 2.38. The van der Waals surface area contributed by atoms with Gasteiger partial charge in [0.15, 0.2) is 0 Å². The SMILES string of the molecule is C[C@@H]1C[C@H](N2CCN(C(=O)c3ccc(F)cc3F)CC2)C(=O)O1. The fourth-order valence-corrected chi connectivity index (χ4v) is 3.10. The molecule has 0 radical (unpaired) electrons. The number of halogens is 2. The van der Waals surface area contributed by atoms with E-state index in [9.17, 15) is 18.4 Å². The zero-order chi connectivity index (χ0) is 16.6. The first-order valence-electron chi connectivity index (χ1n) is 7.64. The molecule has 124 valence electrons. The molecule has 1 aromatic rings. The van der Waals surface area contributed by atoms with Gasteiger partial charge in [-0.25, -0.2) is 8.78 Å². The van der Waals surface area contributed by atoms with Gasteiger partial charge in [0.2, 0.25) is 0 Å². The molecule has 0 aliphatic carbocycles. The van der Waals surface area contributed by atoms with Crippen LogP contribution in [0, 0.1) is 11.6 Å². The summed E-state index contributed by atoms with van der Waals surface area (Å²) in [5.41, 5.74) is -0.131. The molecule has 2 atom stereocenters. The van der Waals surface area contributed by atoms with Crippen LogP contribution in [-0.4, -0.2) is 60.0 Å². The van der Waals surface area contributed by atoms with Crippen molar-refractivity contribution in [3.8, 4) is 0 Å². The number of cyclic esters (lactones) is 1. The van der Waals surface area contributed by atoms with E-state index < -0.39 is 17.5 Å². The smallest absolute Gasteiger partial charge is 0.323 e. The van der Waals surface area contributed by atoms with Crippen molar-refractivity contribution < 1.29 is 23.1 Å². The van der Waals surface area contributed by atoms with E-state index in [4.69, 9.17) is 4.74 Å². The van der Waals surface area contributed by atoms with Crippen molar-refractivity contribution in [3.63, 3.8) is 0 Å². The third kappa shape index (κ3) is 3.19. The molecule has 0 saturated carbocycles. The number of piperazine rings is 1. The zero-order valence-corrected chi connectivity index (χ0v) is 12.8. The third-order valence-corrected chi connectivity index (χ3v) is 4.35. The van der Waals surface area contributed by atoms with E-state index in [0.717, 1.165) is 12.1 Å². The van der Waals surface area contributed by atoms with Crippen molar-refractivity contribution in [3.05, 3.63) is 35.4 Å². The van der Waals surface area contributed by atoms with Crippen LogP contribution in [0.1, 0.15) is 23.7 Å². The highest BCUT2D eigenvalue weighted by atomic mass is 19.1. The van der Waals surface area contributed by atoms with E-state index in [1.165, 1.54) is 4.90 Å². The Kier molecular flexibility index (Phi) is 4.30. The fraction of sp³-hybridized carbons (Fsp3) is 0.500. The maximum atomic E-state index is 13.7. The molecule has 0 N–H and O–H groups in total. The van der Waals surface area contributed by atoms with Gasteiger partial charge < -0.3 is 9.64 Å². The molecule has 23 heavy (non-hydrogen) atoms. The van der Waals surface area contributed by atoms with Crippen LogP contribution >= 0.6 is 0 Å². The van der Waals surface area contributed by atoms with Crippen molar-refractivity contribution >= 4 is 11.9 Å². The number of rotatable bonds is 2. The predicted molar refractivity (Wildman–Crippen MR) is 77.8 cm³/mol. The molecule has 3 rings (SSSR count). The highest BCUT2D eigenvalue weighted by Crippen LogP contribution is 2.22. The van der Waals surface area contributed by atoms with Gasteiger partial charge in [0.05, 0.1) is 5.56 Å². The van der Waals surface area contributed by atoms with E-state index >= 15 is 0 Å². The zero-order valence-electron chi connectivity index (χ0n) is 12.8. The number of benzene rings is 1. The van der Waals surface area contributed by atoms with Crippen molar-refractivity contribution in [1.29, 1.82) is 0 Å². The van der Waals surface area contributed by atoms with Gasteiger partial charge in [0.25, 0.3) is 5.91 Å². The molecule has 2 aliphatic rings. The average Bonchev–Trinajstić information content (AvgIpc) is 2.85. The maximum Gasteiger partial charge on any atom is 0.323 e. The molecule has 2 fully saturated rings. The lowest BCUT2D eigenvalue weighted by atomic mass is 10.1. The average molecular weight is 324 g/mol. The summed E-state index contributed by atoms with van der Waals surface area (Å²) in [5, 5.41) is 0. The summed E-state index contributed by atoms with van der Waals surface area (Å²) < 4.78 is 31.8. The van der Waals surface area contributed by atoms with Crippen LogP contribution in [0.15, 0.2) is 18.2 Å². The molecule has 0 bridgehead atoms. The van der Waals surface area contributed by atoms with E-state index in [-0.39, 0.29) is 23.7 Å². The summed E-state index contributed by atoms with van der Waals surface area (Å²) in [6, 6.07) is 2.68. The van der Waals surface area contributed by atoms with Crippen molar-refractivity contribution in [2.75, 3.05) is 26.2 Å². The summed E-state index contributed by atoms with van der Waals surface area (Å²) in [6.45, 7) is 3.71. The van der Waals surface area contributed by atoms with Crippen molar-refractivity contribution in [2.45, 2.75) is 25.5 Å². The number of carbonyl (C=O) groups excluding carboxylic acids is 2. The van der Waals surface area contributed by atoms with Gasteiger partial charge in [-0.3, -0.25) is 14.5 Å². The van der Waals surface area contributed by atoms with Crippen molar-refractivity contribution in [1.82, 2.24) is 9.80 Å². The number of hydrogen-bond donors (Lipinski definition) is 0. The lowest BCUT2D eigenvalue weighted by Gasteiger charge is -2.36. The summed E-state index contributed by atoms with van der Waals surface area (Å²) in [7, 11) is 0. The van der Waals surface area contributed by atoms with Crippen LogP contribution in [-0.2, 0) is 9.53 Å². The topological polar surface area (TPSA) is 49.9 Å². The first-order chi connectivity index (χ1) is 11.0. The first kappa shape index (κ1) is 15.9. The molecular weight excluding hydrogens is 306 g/mol. The second-order valence-corrected chi connectivity index (χ2v) is 5.95. The highest BCUT2D eigenvalue weighted by molar-refractivity contribution is 5.94. The van der Waals surface area contributed by atoms with Gasteiger partial charge in [0.1, 0.15) is 23.8 Å². The Morgan fingerprint density at radius 2 is 1.91 bits per heavy atom. The van der Waals surface area contributed by atoms with E-state index in [2.05, 4.69) is 0 Å². The van der Waals surface area contributed by atoms with Crippen LogP contribution in [0.5, 0.6) is 0 Å². The summed E-state index contributed by atoms with van der Waals surface area (Å²) in [5.74, 6) is -2.24. The Balaban J connectivity index is 1.62. The van der Waals surface area contributed by atoms with E-state index in [0.29, 0.717) is 38.7 Å². The van der Waals surface area contributed by atoms with Gasteiger partial charge in [-0.15, -0.1) is 0 Å². The van der Waals surface area contributed by atoms with Crippen LogP contribution in [0.2, 0.25) is 0 Å². The fourth-order valence-electron chi connectivity index (χ4n) is 3.10. The quantitative estimate of drug-likeness (QED) is 0.772. The molecule has 2 aliphatic heterocycles. The van der Waals surface area contributed by atoms with Gasteiger partial charge in [-0.2, -0.15) is 0 Å². The molecule has 1 amide bonds. The van der Waals surface area contributed by atoms with Gasteiger partial charge in [-0.05, 0) is 19.1 Å². The van der Waals surface area contributed by atoms with Crippen LogP contribution in [0.3, 0.4) is 0 Å². The Morgan fingerprint density at radius 3 is 2.48 bits per heavy atom. The minimum Gasteiger partial charge on any atom is -0.461 e. The number of ether oxygens (including phenoxy) is 1. The first-order valence-corrected chi connectivity index (χ1v) is 7.64. The van der Waals surface area contributed by atoms with Crippen LogP contribution in [0.4, 0.5) is 8.78 Å². The monoisotopic (exact) mass is 324 g/mol. The molecule has 1 aromatic carbocycles. The number of nitrogens with zero attached hydrogens (tertiary/aromatic N) is 2. The maximum absolute atomic E-state index is 13.7. The standard InChI is InChI=1S/C16H18F2N2O3/c1-10-8-14(16(22)23-10)19-4-6-20(7-5-19)15(21)12-3-2-11(17)9-13(12)18/h2-3,9-10,14H,4-8H2,1H3/t10-,14+/m1/s1. The largest absolute Gasteiger partial charge is 0.461 e. The molecular formula is C16H18F2N2O3. The Bertz CT molecular complexity index is 630. The lowest BCUT2D eigenvalue weighted by molar-refractivity contribution is -0.145. The molecule has 0 aromatic heterocycles. The van der Waals surface area contributed by atoms with Gasteiger partial charge in [0, 0.05) is 38.7 Å².